The molecule has 0 saturated heterocycles. The predicted octanol–water partition coefficient (Wildman–Crippen LogP) is 5.62. The lowest BCUT2D eigenvalue weighted by molar-refractivity contribution is -0.183. The van der Waals surface area contributed by atoms with E-state index in [0.29, 0.717) is 38.4 Å². The van der Waals surface area contributed by atoms with Crippen molar-refractivity contribution in [2.45, 2.75) is 56.8 Å². The number of para-hydroxylation sites is 1. The first kappa shape index (κ1) is 24.7. The Labute approximate surface area is 203 Å². The molecule has 2 N–H and O–H groups in total. The number of alkyl halides is 3. The Morgan fingerprint density at radius 1 is 1.06 bits per heavy atom. The van der Waals surface area contributed by atoms with E-state index < -0.39 is 12.1 Å². The lowest BCUT2D eigenvalue weighted by Crippen LogP contribution is -2.48. The van der Waals surface area contributed by atoms with Gasteiger partial charge in [-0.2, -0.15) is 13.2 Å². The Morgan fingerprint density at radius 2 is 1.91 bits per heavy atom. The van der Waals surface area contributed by atoms with Gasteiger partial charge in [0.05, 0.1) is 24.8 Å². The minimum Gasteiger partial charge on any atom is -0.493 e. The van der Waals surface area contributed by atoms with Crippen molar-refractivity contribution in [3.05, 3.63) is 54.0 Å². The Morgan fingerprint density at radius 3 is 2.69 bits per heavy atom. The van der Waals surface area contributed by atoms with Crippen molar-refractivity contribution in [3.63, 3.8) is 0 Å². The Balaban J connectivity index is 0.00000289. The zero-order valence-corrected chi connectivity index (χ0v) is 20.1. The van der Waals surface area contributed by atoms with Gasteiger partial charge in [-0.3, -0.25) is 4.99 Å². The van der Waals surface area contributed by atoms with Crippen molar-refractivity contribution < 1.29 is 22.3 Å². The van der Waals surface area contributed by atoms with E-state index in [4.69, 9.17) is 9.15 Å². The van der Waals surface area contributed by atoms with E-state index in [-0.39, 0.29) is 48.9 Å². The molecule has 2 aliphatic rings. The van der Waals surface area contributed by atoms with Crippen LogP contribution in [0.4, 0.5) is 13.2 Å². The molecule has 0 amide bonds. The summed E-state index contributed by atoms with van der Waals surface area (Å²) in [5.41, 5.74) is 1.03. The lowest BCUT2D eigenvalue weighted by Gasteiger charge is -2.33. The summed E-state index contributed by atoms with van der Waals surface area (Å²) in [6.07, 6.45) is 0.391. The van der Waals surface area contributed by atoms with Crippen LogP contribution in [0.15, 0.2) is 52.1 Å². The van der Waals surface area contributed by atoms with Crippen LogP contribution in [0.1, 0.15) is 49.5 Å². The molecule has 2 aromatic rings. The highest BCUT2D eigenvalue weighted by Crippen LogP contribution is 2.37. The Hall–Kier alpha value is -1.91. The molecular weight excluding hydrogens is 534 g/mol. The molecule has 1 aliphatic carbocycles. The second-order valence-electron chi connectivity index (χ2n) is 8.18. The van der Waals surface area contributed by atoms with E-state index in [1.165, 1.54) is 0 Å². The number of aliphatic imine (C=N–C) groups is 1. The summed E-state index contributed by atoms with van der Waals surface area (Å²) in [4.78, 5) is 4.66. The fraction of sp³-hybridized carbons (Fsp3) is 0.522. The van der Waals surface area contributed by atoms with Gasteiger partial charge in [0.15, 0.2) is 5.96 Å². The SMILES string of the molecule is FC(F)(F)C1CCCC(NC(=NCCc2ccco2)NC2CCOc3ccccc32)C1.I. The standard InChI is InChI=1S/C23H28F3N3O2.HI/c24-23(25,26)16-5-3-6-17(15-16)28-22(27-12-10-18-7-4-13-30-18)29-20-11-14-31-21-9-2-1-8-19(20)21;/h1-2,4,7-9,13,16-17,20H,3,5-6,10-12,14-15H2,(H2,27,28,29);1H. The van der Waals surface area contributed by atoms with Crippen molar-refractivity contribution in [2.24, 2.45) is 10.9 Å². The number of halogens is 4. The molecule has 3 unspecified atom stereocenters. The summed E-state index contributed by atoms with van der Waals surface area (Å²) < 4.78 is 50.8. The van der Waals surface area contributed by atoms with E-state index in [0.717, 1.165) is 23.5 Å². The molecule has 32 heavy (non-hydrogen) atoms. The first-order chi connectivity index (χ1) is 15.0. The van der Waals surface area contributed by atoms with Gasteiger partial charge in [0.1, 0.15) is 11.5 Å². The summed E-state index contributed by atoms with van der Waals surface area (Å²) in [7, 11) is 0. The highest BCUT2D eigenvalue weighted by molar-refractivity contribution is 14.0. The quantitative estimate of drug-likeness (QED) is 0.282. The molecule has 1 fully saturated rings. The van der Waals surface area contributed by atoms with E-state index in [9.17, 15) is 13.2 Å². The minimum atomic E-state index is -4.15. The third-order valence-corrected chi connectivity index (χ3v) is 5.96. The first-order valence-electron chi connectivity index (χ1n) is 10.9. The number of furan rings is 1. The highest BCUT2D eigenvalue weighted by Gasteiger charge is 2.42. The lowest BCUT2D eigenvalue weighted by atomic mass is 9.85. The van der Waals surface area contributed by atoms with Gasteiger partial charge in [0.2, 0.25) is 0 Å². The zero-order valence-electron chi connectivity index (χ0n) is 17.7. The number of nitrogens with zero attached hydrogens (tertiary/aromatic N) is 1. The number of hydrogen-bond acceptors (Lipinski definition) is 3. The number of guanidine groups is 1. The van der Waals surface area contributed by atoms with Crippen molar-refractivity contribution in [1.82, 2.24) is 10.6 Å². The molecule has 4 rings (SSSR count). The number of hydrogen-bond donors (Lipinski definition) is 2. The van der Waals surface area contributed by atoms with Crippen molar-refractivity contribution in [3.8, 4) is 5.75 Å². The van der Waals surface area contributed by atoms with Gasteiger partial charge in [0.25, 0.3) is 0 Å². The molecular formula is C23H29F3IN3O2. The van der Waals surface area contributed by atoms with Gasteiger partial charge in [-0.25, -0.2) is 0 Å². The van der Waals surface area contributed by atoms with E-state index in [2.05, 4.69) is 15.6 Å². The molecule has 0 radical (unpaired) electrons. The van der Waals surface area contributed by atoms with Crippen LogP contribution >= 0.6 is 24.0 Å². The number of nitrogens with one attached hydrogen (secondary N) is 2. The van der Waals surface area contributed by atoms with Gasteiger partial charge in [0, 0.05) is 31.0 Å². The summed E-state index contributed by atoms with van der Waals surface area (Å²) in [5.74, 6) is 0.943. The molecule has 1 saturated carbocycles. The summed E-state index contributed by atoms with van der Waals surface area (Å²) in [6.45, 7) is 1.05. The number of fused-ring (bicyclic) bond motifs is 1. The van der Waals surface area contributed by atoms with Crippen molar-refractivity contribution in [2.75, 3.05) is 13.2 Å². The third-order valence-electron chi connectivity index (χ3n) is 5.96. The van der Waals surface area contributed by atoms with Crippen LogP contribution in [-0.4, -0.2) is 31.3 Å². The molecule has 1 aromatic carbocycles. The van der Waals surface area contributed by atoms with Crippen molar-refractivity contribution >= 4 is 29.9 Å². The molecule has 176 valence electrons. The van der Waals surface area contributed by atoms with Gasteiger partial charge in [-0.15, -0.1) is 24.0 Å². The van der Waals surface area contributed by atoms with Crippen LogP contribution in [0.2, 0.25) is 0 Å². The maximum atomic E-state index is 13.3. The number of ether oxygens (including phenoxy) is 1. The summed E-state index contributed by atoms with van der Waals surface area (Å²) >= 11 is 0. The van der Waals surface area contributed by atoms with Crippen LogP contribution in [-0.2, 0) is 6.42 Å². The van der Waals surface area contributed by atoms with E-state index >= 15 is 0 Å². The topological polar surface area (TPSA) is 58.8 Å². The molecule has 3 atom stereocenters. The molecule has 5 nitrogen and oxygen atoms in total. The Kier molecular flexibility index (Phi) is 8.72. The molecule has 0 spiro atoms. The fourth-order valence-electron chi connectivity index (χ4n) is 4.33. The van der Waals surface area contributed by atoms with Gasteiger partial charge < -0.3 is 19.8 Å². The van der Waals surface area contributed by atoms with Crippen LogP contribution < -0.4 is 15.4 Å². The zero-order chi connectivity index (χ0) is 21.7. The first-order valence-corrected chi connectivity index (χ1v) is 10.9. The molecule has 9 heteroatoms. The maximum Gasteiger partial charge on any atom is 0.391 e. The van der Waals surface area contributed by atoms with Gasteiger partial charge >= 0.3 is 6.18 Å². The maximum absolute atomic E-state index is 13.3. The second kappa shape index (κ2) is 11.3. The third kappa shape index (κ3) is 6.55. The van der Waals surface area contributed by atoms with Crippen LogP contribution in [0.3, 0.4) is 0 Å². The summed E-state index contributed by atoms with van der Waals surface area (Å²) in [5, 5.41) is 6.72. The normalized spacial score (nSPS) is 23.5. The molecule has 1 aromatic heterocycles. The van der Waals surface area contributed by atoms with Gasteiger partial charge in [-0.05, 0) is 37.5 Å². The second-order valence-corrected chi connectivity index (χ2v) is 8.18. The van der Waals surface area contributed by atoms with Crippen molar-refractivity contribution in [1.29, 1.82) is 0 Å². The molecule has 2 heterocycles. The monoisotopic (exact) mass is 563 g/mol. The van der Waals surface area contributed by atoms with Gasteiger partial charge in [-0.1, -0.05) is 24.6 Å². The molecule has 0 bridgehead atoms. The average Bonchev–Trinajstić information content (AvgIpc) is 3.27. The van der Waals surface area contributed by atoms with E-state index in [1.807, 2.05) is 36.4 Å². The van der Waals surface area contributed by atoms with E-state index in [1.54, 1.807) is 6.26 Å². The largest absolute Gasteiger partial charge is 0.493 e. The minimum absolute atomic E-state index is 0. The predicted molar refractivity (Wildman–Crippen MR) is 127 cm³/mol. The number of rotatable bonds is 5. The highest BCUT2D eigenvalue weighted by atomic mass is 127. The average molecular weight is 563 g/mol. The van der Waals surface area contributed by atoms with Crippen LogP contribution in [0.25, 0.3) is 0 Å². The van der Waals surface area contributed by atoms with Crippen LogP contribution in [0, 0.1) is 5.92 Å². The smallest absolute Gasteiger partial charge is 0.391 e. The fourth-order valence-corrected chi connectivity index (χ4v) is 4.33. The summed E-state index contributed by atoms with van der Waals surface area (Å²) in [6, 6.07) is 11.3. The number of benzene rings is 1. The van der Waals surface area contributed by atoms with Crippen LogP contribution in [0.5, 0.6) is 5.75 Å². The Bertz CT molecular complexity index is 874. The molecule has 1 aliphatic heterocycles.